The monoisotopic (exact) mass is 285 g/mol. The zero-order valence-corrected chi connectivity index (χ0v) is 14.4. The second kappa shape index (κ2) is 8.19. The molecule has 0 aromatic heterocycles. The Balaban J connectivity index is 2.78. The van der Waals surface area contributed by atoms with Gasteiger partial charge in [0, 0.05) is 6.54 Å². The number of allylic oxidation sites excluding steroid dienone is 9. The summed E-state index contributed by atoms with van der Waals surface area (Å²) in [6, 6.07) is 0. The van der Waals surface area contributed by atoms with Gasteiger partial charge in [0.15, 0.2) is 0 Å². The second-order valence-electron chi connectivity index (χ2n) is 6.72. The second-order valence-corrected chi connectivity index (χ2v) is 6.72. The van der Waals surface area contributed by atoms with E-state index in [0.717, 1.165) is 0 Å². The fourth-order valence-corrected chi connectivity index (χ4v) is 2.89. The average molecular weight is 285 g/mol. The van der Waals surface area contributed by atoms with Crippen molar-refractivity contribution in [2.75, 3.05) is 6.54 Å². The van der Waals surface area contributed by atoms with Crippen molar-refractivity contribution in [2.45, 2.75) is 53.9 Å². The number of nitrogens with two attached hydrogens (primary N) is 1. The van der Waals surface area contributed by atoms with Crippen molar-refractivity contribution in [3.63, 3.8) is 0 Å². The van der Waals surface area contributed by atoms with Crippen molar-refractivity contribution in [3.05, 3.63) is 58.7 Å². The van der Waals surface area contributed by atoms with Gasteiger partial charge in [0.05, 0.1) is 0 Å². The Hall–Kier alpha value is -1.34. The number of rotatable bonds is 5. The van der Waals surface area contributed by atoms with Crippen molar-refractivity contribution < 1.29 is 0 Å². The van der Waals surface area contributed by atoms with Crippen LogP contribution in [-0.2, 0) is 0 Å². The SMILES string of the molecule is CC1=C(/C=C/C(C)=C\C=C\C(C)=C\CN)C(C)(C)CCC1. The van der Waals surface area contributed by atoms with Crippen LogP contribution in [0.15, 0.2) is 58.7 Å². The quantitative estimate of drug-likeness (QED) is 0.665. The summed E-state index contributed by atoms with van der Waals surface area (Å²) in [6.07, 6.45) is 16.8. The third-order valence-electron chi connectivity index (χ3n) is 4.21. The van der Waals surface area contributed by atoms with Gasteiger partial charge in [0.1, 0.15) is 0 Å². The van der Waals surface area contributed by atoms with Crippen molar-refractivity contribution in [1.29, 1.82) is 0 Å². The zero-order chi connectivity index (χ0) is 15.9. The Morgan fingerprint density at radius 2 is 1.90 bits per heavy atom. The molecule has 0 unspecified atom stereocenters. The smallest absolute Gasteiger partial charge is 0.0112 e. The topological polar surface area (TPSA) is 26.0 Å². The summed E-state index contributed by atoms with van der Waals surface area (Å²) < 4.78 is 0. The highest BCUT2D eigenvalue weighted by molar-refractivity contribution is 5.37. The highest BCUT2D eigenvalue weighted by Crippen LogP contribution is 2.40. The summed E-state index contributed by atoms with van der Waals surface area (Å²) in [5, 5.41) is 0. The van der Waals surface area contributed by atoms with E-state index in [0.29, 0.717) is 12.0 Å². The predicted molar refractivity (Wildman–Crippen MR) is 95.2 cm³/mol. The summed E-state index contributed by atoms with van der Waals surface area (Å²) in [4.78, 5) is 0. The van der Waals surface area contributed by atoms with E-state index in [4.69, 9.17) is 5.73 Å². The minimum absolute atomic E-state index is 0.315. The van der Waals surface area contributed by atoms with Crippen LogP contribution in [0.2, 0.25) is 0 Å². The minimum atomic E-state index is 0.315. The molecule has 0 heterocycles. The first-order valence-electron chi connectivity index (χ1n) is 7.97. The molecule has 21 heavy (non-hydrogen) atoms. The van der Waals surface area contributed by atoms with E-state index in [1.807, 2.05) is 6.08 Å². The van der Waals surface area contributed by atoms with E-state index < -0.39 is 0 Å². The Bertz CT molecular complexity index is 496. The summed E-state index contributed by atoms with van der Waals surface area (Å²) in [5.41, 5.74) is 11.3. The molecule has 0 aromatic carbocycles. The van der Waals surface area contributed by atoms with Gasteiger partial charge in [0.2, 0.25) is 0 Å². The molecule has 0 fully saturated rings. The molecule has 0 radical (unpaired) electrons. The van der Waals surface area contributed by atoms with Crippen LogP contribution in [0.25, 0.3) is 0 Å². The molecule has 2 N–H and O–H groups in total. The lowest BCUT2D eigenvalue weighted by Gasteiger charge is -2.32. The van der Waals surface area contributed by atoms with Crippen LogP contribution in [-0.4, -0.2) is 6.54 Å². The van der Waals surface area contributed by atoms with Crippen LogP contribution >= 0.6 is 0 Å². The van der Waals surface area contributed by atoms with Crippen LogP contribution in [0.5, 0.6) is 0 Å². The van der Waals surface area contributed by atoms with Crippen LogP contribution in [0.3, 0.4) is 0 Å². The molecule has 1 heteroatoms. The lowest BCUT2D eigenvalue weighted by Crippen LogP contribution is -2.19. The Labute approximate surface area is 131 Å². The number of hydrogen-bond acceptors (Lipinski definition) is 1. The van der Waals surface area contributed by atoms with E-state index in [2.05, 4.69) is 65.0 Å². The highest BCUT2D eigenvalue weighted by atomic mass is 14.5. The molecular weight excluding hydrogens is 254 g/mol. The maximum absolute atomic E-state index is 5.49. The zero-order valence-electron chi connectivity index (χ0n) is 14.4. The fraction of sp³-hybridized carbons (Fsp3) is 0.500. The van der Waals surface area contributed by atoms with Gasteiger partial charge in [-0.25, -0.2) is 0 Å². The molecule has 1 rings (SSSR count). The normalized spacial score (nSPS) is 20.9. The molecule has 1 nitrogen and oxygen atoms in total. The van der Waals surface area contributed by atoms with Crippen molar-refractivity contribution in [3.8, 4) is 0 Å². The summed E-state index contributed by atoms with van der Waals surface area (Å²) >= 11 is 0. The van der Waals surface area contributed by atoms with Crippen molar-refractivity contribution in [1.82, 2.24) is 0 Å². The minimum Gasteiger partial charge on any atom is -0.327 e. The molecule has 1 aliphatic rings. The third-order valence-corrected chi connectivity index (χ3v) is 4.21. The van der Waals surface area contributed by atoms with Gasteiger partial charge in [-0.1, -0.05) is 67.0 Å². The summed E-state index contributed by atoms with van der Waals surface area (Å²) in [7, 11) is 0. The number of hydrogen-bond donors (Lipinski definition) is 1. The lowest BCUT2D eigenvalue weighted by molar-refractivity contribution is 0.377. The van der Waals surface area contributed by atoms with Gasteiger partial charge < -0.3 is 5.73 Å². The van der Waals surface area contributed by atoms with E-state index in [1.165, 1.54) is 36.0 Å². The largest absolute Gasteiger partial charge is 0.327 e. The summed E-state index contributed by atoms with van der Waals surface area (Å²) in [5.74, 6) is 0. The Morgan fingerprint density at radius 1 is 1.19 bits per heavy atom. The van der Waals surface area contributed by atoms with Gasteiger partial charge >= 0.3 is 0 Å². The van der Waals surface area contributed by atoms with E-state index >= 15 is 0 Å². The molecule has 0 bridgehead atoms. The highest BCUT2D eigenvalue weighted by Gasteiger charge is 2.26. The Kier molecular flexibility index (Phi) is 6.91. The Morgan fingerprint density at radius 3 is 2.52 bits per heavy atom. The van der Waals surface area contributed by atoms with Gasteiger partial charge in [-0.3, -0.25) is 0 Å². The first-order chi connectivity index (χ1) is 9.86. The average Bonchev–Trinajstić information content (AvgIpc) is 2.37. The predicted octanol–water partition coefficient (Wildman–Crippen LogP) is 5.48. The van der Waals surface area contributed by atoms with E-state index in [-0.39, 0.29) is 0 Å². The first kappa shape index (κ1) is 17.7. The van der Waals surface area contributed by atoms with Gasteiger partial charge in [-0.2, -0.15) is 0 Å². The van der Waals surface area contributed by atoms with Gasteiger partial charge in [-0.05, 0) is 51.0 Å². The van der Waals surface area contributed by atoms with E-state index in [1.54, 1.807) is 5.57 Å². The maximum atomic E-state index is 5.49. The molecule has 0 atom stereocenters. The van der Waals surface area contributed by atoms with Crippen LogP contribution in [0.1, 0.15) is 53.9 Å². The molecule has 0 spiro atoms. The van der Waals surface area contributed by atoms with Crippen LogP contribution < -0.4 is 5.73 Å². The molecule has 0 aromatic rings. The molecule has 0 saturated heterocycles. The molecular formula is C20H31N. The molecule has 116 valence electrons. The first-order valence-corrected chi connectivity index (χ1v) is 7.97. The third kappa shape index (κ3) is 5.89. The standard InChI is InChI=1S/C20H31N/c1-16(8-6-9-17(2)13-15-21)11-12-19-18(3)10-7-14-20(19,4)5/h6,8-9,11-13H,7,10,14-15,21H2,1-5H3/b9-6+,12-11+,16-8-,17-13+. The van der Waals surface area contributed by atoms with E-state index in [9.17, 15) is 0 Å². The molecule has 1 aliphatic carbocycles. The van der Waals surface area contributed by atoms with Crippen molar-refractivity contribution >= 4 is 0 Å². The molecule has 0 amide bonds. The van der Waals surface area contributed by atoms with Gasteiger partial charge in [-0.15, -0.1) is 0 Å². The lowest BCUT2D eigenvalue weighted by atomic mass is 9.72. The van der Waals surface area contributed by atoms with Crippen LogP contribution in [0, 0.1) is 5.41 Å². The van der Waals surface area contributed by atoms with Gasteiger partial charge in [0.25, 0.3) is 0 Å². The van der Waals surface area contributed by atoms with Crippen molar-refractivity contribution in [2.24, 2.45) is 11.1 Å². The molecule has 0 aliphatic heterocycles. The molecule has 0 saturated carbocycles. The van der Waals surface area contributed by atoms with Crippen LogP contribution in [0.4, 0.5) is 0 Å². The summed E-state index contributed by atoms with van der Waals surface area (Å²) in [6.45, 7) is 11.8. The fourth-order valence-electron chi connectivity index (χ4n) is 2.89. The maximum Gasteiger partial charge on any atom is 0.0112 e.